The average Bonchev–Trinajstić information content (AvgIpc) is 2.61. The van der Waals surface area contributed by atoms with Crippen LogP contribution in [0, 0.1) is 0 Å². The molecule has 0 aromatic heterocycles. The van der Waals surface area contributed by atoms with E-state index in [0.717, 1.165) is 11.1 Å². The van der Waals surface area contributed by atoms with Crippen molar-refractivity contribution in [1.82, 2.24) is 10.2 Å². The highest BCUT2D eigenvalue weighted by Gasteiger charge is 2.26. The number of halogens is 2. The van der Waals surface area contributed by atoms with Gasteiger partial charge in [0.1, 0.15) is 6.23 Å². The van der Waals surface area contributed by atoms with Crippen molar-refractivity contribution in [3.63, 3.8) is 0 Å². The molecule has 6 heteroatoms. The molecule has 2 aromatic rings. The van der Waals surface area contributed by atoms with Gasteiger partial charge in [0.05, 0.1) is 6.54 Å². The van der Waals surface area contributed by atoms with Gasteiger partial charge in [-0.25, -0.2) is 0 Å². The van der Waals surface area contributed by atoms with Crippen LogP contribution in [0.5, 0.6) is 0 Å². The van der Waals surface area contributed by atoms with Crippen LogP contribution in [0.2, 0.25) is 10.0 Å². The van der Waals surface area contributed by atoms with Crippen LogP contribution < -0.4 is 5.32 Å². The van der Waals surface area contributed by atoms with Crippen LogP contribution in [-0.4, -0.2) is 41.8 Å². The van der Waals surface area contributed by atoms with Crippen molar-refractivity contribution in [2.75, 3.05) is 19.6 Å². The molecule has 25 heavy (non-hydrogen) atoms. The summed E-state index contributed by atoms with van der Waals surface area (Å²) in [6.07, 6.45) is -0.223. The molecule has 1 aliphatic rings. The largest absolute Gasteiger partial charge is 0.378 e. The van der Waals surface area contributed by atoms with Crippen molar-refractivity contribution < 1.29 is 9.90 Å². The summed E-state index contributed by atoms with van der Waals surface area (Å²) in [5.74, 6) is -0.0747. The lowest BCUT2D eigenvalue weighted by Crippen LogP contribution is -2.51. The van der Waals surface area contributed by atoms with Crippen LogP contribution in [0.1, 0.15) is 23.5 Å². The average molecular weight is 379 g/mol. The molecule has 1 fully saturated rings. The molecule has 0 spiro atoms. The number of nitrogens with one attached hydrogen (secondary N) is 1. The summed E-state index contributed by atoms with van der Waals surface area (Å²) >= 11 is 12.0. The highest BCUT2D eigenvalue weighted by molar-refractivity contribution is 6.30. The Hall–Kier alpha value is -1.59. The zero-order valence-electron chi connectivity index (χ0n) is 13.7. The summed E-state index contributed by atoms with van der Waals surface area (Å²) in [4.78, 5) is 13.4. The number of piperazine rings is 1. The van der Waals surface area contributed by atoms with E-state index in [1.807, 2.05) is 48.5 Å². The molecule has 4 nitrogen and oxygen atoms in total. The Morgan fingerprint density at radius 2 is 1.52 bits per heavy atom. The number of carbonyl (C=O) groups excluding carboxylic acids is 1. The zero-order chi connectivity index (χ0) is 17.8. The number of rotatable bonds is 5. The summed E-state index contributed by atoms with van der Waals surface area (Å²) in [5.41, 5.74) is 2.12. The number of carbonyl (C=O) groups is 1. The first-order valence-corrected chi connectivity index (χ1v) is 8.98. The molecule has 1 atom stereocenters. The predicted molar refractivity (Wildman–Crippen MR) is 100.0 cm³/mol. The first-order chi connectivity index (χ1) is 12.0. The Morgan fingerprint density at radius 3 is 2.00 bits per heavy atom. The van der Waals surface area contributed by atoms with Gasteiger partial charge in [-0.3, -0.25) is 9.69 Å². The first-order valence-electron chi connectivity index (χ1n) is 8.22. The van der Waals surface area contributed by atoms with E-state index in [0.29, 0.717) is 29.6 Å². The Kier molecular flexibility index (Phi) is 5.97. The van der Waals surface area contributed by atoms with Crippen molar-refractivity contribution >= 4 is 29.1 Å². The molecular weight excluding hydrogens is 359 g/mol. The highest BCUT2D eigenvalue weighted by Crippen LogP contribution is 2.31. The molecule has 132 valence electrons. The molecule has 1 aliphatic heterocycles. The van der Waals surface area contributed by atoms with E-state index in [9.17, 15) is 9.90 Å². The standard InChI is InChI=1S/C19H20Cl2N2O2/c20-15-5-1-13(2-6-15)17(14-3-7-16(21)8-4-14)11-19(25)23-10-9-22-18(24)12-23/h1-8,17,19,25H,9-12H2,(H,22,24). The molecule has 0 radical (unpaired) electrons. The van der Waals surface area contributed by atoms with Gasteiger partial charge in [-0.15, -0.1) is 0 Å². The highest BCUT2D eigenvalue weighted by atomic mass is 35.5. The lowest BCUT2D eigenvalue weighted by Gasteiger charge is -2.33. The molecule has 3 rings (SSSR count). The molecule has 2 N–H and O–H groups in total. The minimum atomic E-state index is -0.706. The quantitative estimate of drug-likeness (QED) is 0.839. The number of amides is 1. The Labute approximate surface area is 157 Å². The minimum Gasteiger partial charge on any atom is -0.378 e. The van der Waals surface area contributed by atoms with Gasteiger partial charge in [-0.2, -0.15) is 0 Å². The minimum absolute atomic E-state index is 0.0190. The number of benzene rings is 2. The van der Waals surface area contributed by atoms with Gasteiger partial charge < -0.3 is 10.4 Å². The molecule has 1 heterocycles. The second-order valence-corrected chi connectivity index (χ2v) is 7.07. The molecule has 1 saturated heterocycles. The monoisotopic (exact) mass is 378 g/mol. The number of hydrogen-bond acceptors (Lipinski definition) is 3. The Morgan fingerprint density at radius 1 is 1.00 bits per heavy atom. The number of hydrogen-bond donors (Lipinski definition) is 2. The lowest BCUT2D eigenvalue weighted by atomic mass is 9.87. The first kappa shape index (κ1) is 18.2. The van der Waals surface area contributed by atoms with E-state index in [4.69, 9.17) is 23.2 Å². The van der Waals surface area contributed by atoms with Crippen LogP contribution in [0.25, 0.3) is 0 Å². The molecule has 1 unspecified atom stereocenters. The summed E-state index contributed by atoms with van der Waals surface area (Å²) in [5, 5.41) is 14.8. The molecule has 1 amide bonds. The van der Waals surface area contributed by atoms with Crippen LogP contribution in [-0.2, 0) is 4.79 Å². The number of aliphatic hydroxyl groups excluding tert-OH is 1. The Bertz CT molecular complexity index is 674. The maximum absolute atomic E-state index is 11.6. The van der Waals surface area contributed by atoms with E-state index < -0.39 is 6.23 Å². The van der Waals surface area contributed by atoms with Crippen molar-refractivity contribution in [1.29, 1.82) is 0 Å². The summed E-state index contributed by atoms with van der Waals surface area (Å²) in [7, 11) is 0. The fraction of sp³-hybridized carbons (Fsp3) is 0.316. The van der Waals surface area contributed by atoms with E-state index in [-0.39, 0.29) is 18.4 Å². The van der Waals surface area contributed by atoms with E-state index in [2.05, 4.69) is 5.32 Å². The van der Waals surface area contributed by atoms with E-state index >= 15 is 0 Å². The third-order valence-electron chi connectivity index (χ3n) is 4.48. The van der Waals surface area contributed by atoms with E-state index in [1.54, 1.807) is 4.90 Å². The smallest absolute Gasteiger partial charge is 0.234 e. The normalized spacial score (nSPS) is 16.7. The van der Waals surface area contributed by atoms with Crippen molar-refractivity contribution in [2.45, 2.75) is 18.6 Å². The molecule has 0 aliphatic carbocycles. The van der Waals surface area contributed by atoms with Gasteiger partial charge in [-0.1, -0.05) is 47.5 Å². The van der Waals surface area contributed by atoms with Gasteiger partial charge in [-0.05, 0) is 41.8 Å². The van der Waals surface area contributed by atoms with Crippen LogP contribution in [0.15, 0.2) is 48.5 Å². The maximum Gasteiger partial charge on any atom is 0.234 e. The fourth-order valence-electron chi connectivity index (χ4n) is 3.13. The topological polar surface area (TPSA) is 52.6 Å². The van der Waals surface area contributed by atoms with Crippen LogP contribution >= 0.6 is 23.2 Å². The van der Waals surface area contributed by atoms with Gasteiger partial charge in [0.15, 0.2) is 0 Å². The third kappa shape index (κ3) is 4.73. The summed E-state index contributed by atoms with van der Waals surface area (Å²) in [6, 6.07) is 15.3. The second kappa shape index (κ2) is 8.19. The molecule has 0 saturated carbocycles. The number of aliphatic hydroxyl groups is 1. The van der Waals surface area contributed by atoms with Gasteiger partial charge >= 0.3 is 0 Å². The van der Waals surface area contributed by atoms with Crippen molar-refractivity contribution in [3.05, 3.63) is 69.7 Å². The SMILES string of the molecule is O=C1CN(C(O)CC(c2ccc(Cl)cc2)c2ccc(Cl)cc2)CCN1. The van der Waals surface area contributed by atoms with Gasteiger partial charge in [0.25, 0.3) is 0 Å². The predicted octanol–water partition coefficient (Wildman–Crippen LogP) is 3.27. The van der Waals surface area contributed by atoms with Crippen molar-refractivity contribution in [2.24, 2.45) is 0 Å². The fourth-order valence-corrected chi connectivity index (χ4v) is 3.38. The lowest BCUT2D eigenvalue weighted by molar-refractivity contribution is -0.128. The Balaban J connectivity index is 1.84. The molecule has 2 aromatic carbocycles. The van der Waals surface area contributed by atoms with Gasteiger partial charge in [0.2, 0.25) is 5.91 Å². The molecule has 0 bridgehead atoms. The second-order valence-electron chi connectivity index (χ2n) is 6.19. The van der Waals surface area contributed by atoms with E-state index in [1.165, 1.54) is 0 Å². The number of nitrogens with zero attached hydrogens (tertiary/aromatic N) is 1. The van der Waals surface area contributed by atoms with Gasteiger partial charge in [0, 0.05) is 29.1 Å². The van der Waals surface area contributed by atoms with Crippen molar-refractivity contribution in [3.8, 4) is 0 Å². The third-order valence-corrected chi connectivity index (χ3v) is 4.98. The maximum atomic E-state index is 11.6. The van der Waals surface area contributed by atoms with Crippen LogP contribution in [0.3, 0.4) is 0 Å². The van der Waals surface area contributed by atoms with Crippen LogP contribution in [0.4, 0.5) is 0 Å². The zero-order valence-corrected chi connectivity index (χ0v) is 15.2. The molecular formula is C19H20Cl2N2O2. The summed E-state index contributed by atoms with van der Waals surface area (Å²) in [6.45, 7) is 1.42. The summed E-state index contributed by atoms with van der Waals surface area (Å²) < 4.78 is 0.